The lowest BCUT2D eigenvalue weighted by molar-refractivity contribution is -0.152. The summed E-state index contributed by atoms with van der Waals surface area (Å²) in [6, 6.07) is 12.2. The molecule has 0 bridgehead atoms. The minimum absolute atomic E-state index is 0.00901. The zero-order chi connectivity index (χ0) is 25.6. The first-order valence-corrected chi connectivity index (χ1v) is 10.0. The van der Waals surface area contributed by atoms with Crippen molar-refractivity contribution in [3.8, 4) is 11.5 Å². The lowest BCUT2D eigenvalue weighted by Gasteiger charge is -2.16. The molecule has 3 rings (SSSR count). The summed E-state index contributed by atoms with van der Waals surface area (Å²) < 4.78 is 47.0. The van der Waals surface area contributed by atoms with E-state index in [4.69, 9.17) is 4.74 Å². The van der Waals surface area contributed by atoms with Crippen molar-refractivity contribution in [3.63, 3.8) is 0 Å². The fourth-order valence-corrected chi connectivity index (χ4v) is 2.56. The zero-order valence-electron chi connectivity index (χ0n) is 18.5. The molecule has 0 unspecified atom stereocenters. The van der Waals surface area contributed by atoms with Crippen LogP contribution in [0, 0.1) is 5.82 Å². The van der Waals surface area contributed by atoms with Gasteiger partial charge in [-0.1, -0.05) is 0 Å². The van der Waals surface area contributed by atoms with E-state index >= 15 is 0 Å². The van der Waals surface area contributed by atoms with E-state index in [1.165, 1.54) is 41.4 Å². The maximum absolute atomic E-state index is 14.2. The maximum atomic E-state index is 14.2. The van der Waals surface area contributed by atoms with E-state index in [1.807, 2.05) is 10.6 Å². The molecule has 0 fully saturated rings. The molecule has 2 aromatic carbocycles. The summed E-state index contributed by atoms with van der Waals surface area (Å²) in [5.41, 5.74) is -0.101. The van der Waals surface area contributed by atoms with Crippen LogP contribution in [0.5, 0.6) is 11.5 Å². The number of anilines is 3. The highest BCUT2D eigenvalue weighted by Crippen LogP contribution is 2.26. The van der Waals surface area contributed by atoms with E-state index in [2.05, 4.69) is 10.3 Å². The minimum Gasteiger partial charge on any atom is -0.457 e. The number of benzene rings is 2. The number of halogens is 3. The Hall–Kier alpha value is -4.61. The molecule has 1 aromatic heterocycles. The summed E-state index contributed by atoms with van der Waals surface area (Å²) in [6.07, 6.45) is 1.42. The van der Waals surface area contributed by atoms with Crippen LogP contribution in [0.1, 0.15) is 0 Å². The van der Waals surface area contributed by atoms with Crippen molar-refractivity contribution in [2.75, 3.05) is 30.0 Å². The van der Waals surface area contributed by atoms with Gasteiger partial charge in [0, 0.05) is 37.7 Å². The van der Waals surface area contributed by atoms with Crippen LogP contribution in [0.3, 0.4) is 0 Å². The number of carbonyl (C=O) groups is 3. The van der Waals surface area contributed by atoms with Crippen LogP contribution in [0.2, 0.25) is 0 Å². The summed E-state index contributed by atoms with van der Waals surface area (Å²) >= 11 is 0. The fourth-order valence-electron chi connectivity index (χ4n) is 2.56. The molecule has 4 amide bonds. The van der Waals surface area contributed by atoms with Crippen molar-refractivity contribution in [2.24, 2.45) is 0 Å². The molecule has 0 atom stereocenters. The molecule has 0 saturated heterocycles. The van der Waals surface area contributed by atoms with Gasteiger partial charge < -0.3 is 20.3 Å². The Kier molecular flexibility index (Phi) is 7.54. The van der Waals surface area contributed by atoms with Crippen molar-refractivity contribution < 1.29 is 32.3 Å². The molecule has 0 spiro atoms. The molecule has 0 saturated carbocycles. The Morgan fingerprint density at radius 1 is 0.829 bits per heavy atom. The quantitative estimate of drug-likeness (QED) is 0.430. The number of nitrogens with zero attached hydrogens (tertiary/aromatic N) is 2. The van der Waals surface area contributed by atoms with Gasteiger partial charge in [-0.15, -0.1) is 0 Å². The Balaban J connectivity index is 1.60. The summed E-state index contributed by atoms with van der Waals surface area (Å²) in [4.78, 5) is 41.0. The van der Waals surface area contributed by atoms with Crippen LogP contribution >= 0.6 is 0 Å². The highest BCUT2D eigenvalue weighted by molar-refractivity contribution is 6.16. The smallest absolute Gasteiger partial charge is 0.401 e. The second kappa shape index (κ2) is 10.5. The highest BCUT2D eigenvalue weighted by atomic mass is 19.3. The molecular formula is C23H20F3N5O4. The van der Waals surface area contributed by atoms with Gasteiger partial charge in [0.15, 0.2) is 0 Å². The predicted octanol–water partition coefficient (Wildman–Crippen LogP) is 4.32. The molecule has 35 heavy (non-hydrogen) atoms. The molecule has 9 nitrogen and oxygen atoms in total. The number of amides is 4. The third kappa shape index (κ3) is 6.69. The number of rotatable bonds is 7. The number of aromatic nitrogens is 1. The average molecular weight is 487 g/mol. The third-order valence-electron chi connectivity index (χ3n) is 4.39. The second-order valence-corrected chi connectivity index (χ2v) is 7.32. The molecule has 1 heterocycles. The van der Waals surface area contributed by atoms with Gasteiger partial charge in [0.05, 0.1) is 0 Å². The molecule has 0 aliphatic heterocycles. The lowest BCUT2D eigenvalue weighted by atomic mass is 10.2. The average Bonchev–Trinajstić information content (AvgIpc) is 2.82. The fraction of sp³-hybridized carbons (Fsp3) is 0.130. The largest absolute Gasteiger partial charge is 0.457 e. The number of hydrogen-bond donors (Lipinski definition) is 3. The van der Waals surface area contributed by atoms with Gasteiger partial charge in [-0.25, -0.2) is 14.2 Å². The number of alkyl halides is 2. The van der Waals surface area contributed by atoms with Gasteiger partial charge in [0.2, 0.25) is 0 Å². The van der Waals surface area contributed by atoms with Crippen molar-refractivity contribution in [3.05, 3.63) is 72.7 Å². The van der Waals surface area contributed by atoms with E-state index in [1.54, 1.807) is 20.2 Å². The summed E-state index contributed by atoms with van der Waals surface area (Å²) in [5.74, 6) is -7.81. The number of hydrogen-bond acceptors (Lipinski definition) is 5. The van der Waals surface area contributed by atoms with E-state index in [0.29, 0.717) is 11.5 Å². The van der Waals surface area contributed by atoms with Crippen LogP contribution in [0.15, 0.2) is 66.9 Å². The Labute approximate surface area is 197 Å². The standard InChI is InChI=1S/C23H20F3N5O4/c1-31(2)22(34)30-19-13-18(11-12-27-19)35-17-9-7-16(8-10-17)29-21(33)23(25,26)20(32)28-15-5-3-14(24)4-6-15/h3-13H,1-2H3,(H,28,32)(H,29,33)(H,27,30,34). The van der Waals surface area contributed by atoms with E-state index in [-0.39, 0.29) is 23.2 Å². The monoisotopic (exact) mass is 487 g/mol. The topological polar surface area (TPSA) is 113 Å². The summed E-state index contributed by atoms with van der Waals surface area (Å²) in [6.45, 7) is 0. The van der Waals surface area contributed by atoms with E-state index in [0.717, 1.165) is 24.3 Å². The third-order valence-corrected chi connectivity index (χ3v) is 4.39. The summed E-state index contributed by atoms with van der Waals surface area (Å²) in [5, 5.41) is 6.39. The molecule has 3 N–H and O–H groups in total. The van der Waals surface area contributed by atoms with Crippen molar-refractivity contribution >= 4 is 35.0 Å². The molecule has 0 aliphatic rings. The molecule has 0 radical (unpaired) electrons. The number of nitrogens with one attached hydrogen (secondary N) is 3. The molecular weight excluding hydrogens is 467 g/mol. The number of pyridine rings is 1. The van der Waals surface area contributed by atoms with Crippen molar-refractivity contribution in [1.82, 2.24) is 9.88 Å². The second-order valence-electron chi connectivity index (χ2n) is 7.32. The van der Waals surface area contributed by atoms with Crippen LogP contribution in [0.4, 0.5) is 35.2 Å². The van der Waals surface area contributed by atoms with E-state index in [9.17, 15) is 27.6 Å². The lowest BCUT2D eigenvalue weighted by Crippen LogP contribution is -2.45. The van der Waals surface area contributed by atoms with Crippen molar-refractivity contribution in [1.29, 1.82) is 0 Å². The highest BCUT2D eigenvalue weighted by Gasteiger charge is 2.47. The Bertz CT molecular complexity index is 1220. The van der Waals surface area contributed by atoms with Crippen LogP contribution in [-0.2, 0) is 9.59 Å². The molecule has 12 heteroatoms. The van der Waals surface area contributed by atoms with Gasteiger partial charge in [0.25, 0.3) is 0 Å². The van der Waals surface area contributed by atoms with Crippen LogP contribution in [0.25, 0.3) is 0 Å². The van der Waals surface area contributed by atoms with Gasteiger partial charge in [-0.3, -0.25) is 14.9 Å². The van der Waals surface area contributed by atoms with Gasteiger partial charge in [0.1, 0.15) is 23.1 Å². The normalized spacial score (nSPS) is 10.8. The number of carbonyl (C=O) groups excluding carboxylic acids is 3. The van der Waals surface area contributed by atoms with Crippen molar-refractivity contribution in [2.45, 2.75) is 5.92 Å². The van der Waals surface area contributed by atoms with Gasteiger partial charge in [-0.2, -0.15) is 8.78 Å². The van der Waals surface area contributed by atoms with Crippen LogP contribution in [-0.4, -0.2) is 47.7 Å². The molecule has 182 valence electrons. The number of urea groups is 1. The maximum Gasteiger partial charge on any atom is 0.401 e. The van der Waals surface area contributed by atoms with E-state index < -0.39 is 23.6 Å². The first-order chi connectivity index (χ1) is 16.5. The summed E-state index contributed by atoms with van der Waals surface area (Å²) in [7, 11) is 3.15. The first-order valence-electron chi connectivity index (χ1n) is 10.0. The Morgan fingerprint density at radius 3 is 1.91 bits per heavy atom. The van der Waals surface area contributed by atoms with Gasteiger partial charge in [-0.05, 0) is 54.6 Å². The minimum atomic E-state index is -4.39. The predicted molar refractivity (Wildman–Crippen MR) is 122 cm³/mol. The van der Waals surface area contributed by atoms with Gasteiger partial charge >= 0.3 is 23.8 Å². The SMILES string of the molecule is CN(C)C(=O)Nc1cc(Oc2ccc(NC(=O)C(F)(F)C(=O)Nc3ccc(F)cc3)cc2)ccn1. The van der Waals surface area contributed by atoms with Crippen LogP contribution < -0.4 is 20.7 Å². The Morgan fingerprint density at radius 2 is 1.37 bits per heavy atom. The number of ether oxygens (including phenoxy) is 1. The molecule has 0 aliphatic carbocycles. The first kappa shape index (κ1) is 25.0. The zero-order valence-corrected chi connectivity index (χ0v) is 18.5. The molecule has 3 aromatic rings.